The lowest BCUT2D eigenvalue weighted by atomic mass is 10.0. The van der Waals surface area contributed by atoms with Crippen molar-refractivity contribution in [1.29, 1.82) is 0 Å². The number of carbonyl (C=O) groups is 1. The molecule has 0 aromatic heterocycles. The number of nitrogens with one attached hydrogen (secondary N) is 1. The number of aryl methyl sites for hydroxylation is 1. The van der Waals surface area contributed by atoms with Crippen LogP contribution in [-0.4, -0.2) is 28.3 Å². The Morgan fingerprint density at radius 1 is 1.53 bits per heavy atom. The minimum absolute atomic E-state index is 0.0486. The van der Waals surface area contributed by atoms with Crippen molar-refractivity contribution in [3.63, 3.8) is 0 Å². The van der Waals surface area contributed by atoms with Gasteiger partial charge in [-0.05, 0) is 25.0 Å². The SMILES string of the molecule is Cc1ccccc1[C@H](C)NC(=O)CSC1=NCCS1. The van der Waals surface area contributed by atoms with Gasteiger partial charge in [0.15, 0.2) is 0 Å². The molecule has 1 aliphatic rings. The van der Waals surface area contributed by atoms with Gasteiger partial charge in [0, 0.05) is 5.75 Å². The van der Waals surface area contributed by atoms with Gasteiger partial charge in [-0.25, -0.2) is 0 Å². The van der Waals surface area contributed by atoms with E-state index in [-0.39, 0.29) is 11.9 Å². The van der Waals surface area contributed by atoms with Crippen LogP contribution in [0.1, 0.15) is 24.1 Å². The number of hydrogen-bond donors (Lipinski definition) is 1. The monoisotopic (exact) mass is 294 g/mol. The van der Waals surface area contributed by atoms with Crippen molar-refractivity contribution < 1.29 is 4.79 Å². The molecule has 0 saturated carbocycles. The van der Waals surface area contributed by atoms with Crippen LogP contribution in [0.15, 0.2) is 29.3 Å². The van der Waals surface area contributed by atoms with Crippen molar-refractivity contribution in [2.45, 2.75) is 19.9 Å². The van der Waals surface area contributed by atoms with Gasteiger partial charge in [0.05, 0.1) is 18.3 Å². The van der Waals surface area contributed by atoms with Crippen molar-refractivity contribution in [1.82, 2.24) is 5.32 Å². The van der Waals surface area contributed by atoms with E-state index in [1.165, 1.54) is 22.9 Å². The topological polar surface area (TPSA) is 41.5 Å². The number of carbonyl (C=O) groups excluding carboxylic acids is 1. The number of amides is 1. The number of thioether (sulfide) groups is 2. The first kappa shape index (κ1) is 14.5. The molecule has 0 fully saturated rings. The summed E-state index contributed by atoms with van der Waals surface area (Å²) in [4.78, 5) is 16.2. The lowest BCUT2D eigenvalue weighted by molar-refractivity contribution is -0.119. The maximum absolute atomic E-state index is 11.9. The summed E-state index contributed by atoms with van der Waals surface area (Å²) in [5.41, 5.74) is 2.38. The van der Waals surface area contributed by atoms with Crippen LogP contribution in [-0.2, 0) is 4.79 Å². The molecule has 1 N–H and O–H groups in total. The van der Waals surface area contributed by atoms with E-state index in [0.717, 1.165) is 16.7 Å². The zero-order chi connectivity index (χ0) is 13.7. The second kappa shape index (κ2) is 7.01. The first-order valence-corrected chi connectivity index (χ1v) is 8.29. The fourth-order valence-corrected chi connectivity index (χ4v) is 3.78. The molecule has 0 unspecified atom stereocenters. The van der Waals surface area contributed by atoms with Gasteiger partial charge in [0.1, 0.15) is 4.38 Å². The molecule has 0 aliphatic carbocycles. The molecule has 102 valence electrons. The summed E-state index contributed by atoms with van der Waals surface area (Å²) in [7, 11) is 0. The van der Waals surface area contributed by atoms with Gasteiger partial charge in [-0.2, -0.15) is 0 Å². The first-order chi connectivity index (χ1) is 9.16. The summed E-state index contributed by atoms with van der Waals surface area (Å²) in [6, 6.07) is 8.19. The highest BCUT2D eigenvalue weighted by molar-refractivity contribution is 8.39. The molecule has 3 nitrogen and oxygen atoms in total. The number of benzene rings is 1. The van der Waals surface area contributed by atoms with Crippen molar-refractivity contribution in [2.24, 2.45) is 4.99 Å². The zero-order valence-corrected chi connectivity index (χ0v) is 12.8. The third-order valence-corrected chi connectivity index (χ3v) is 5.17. The van der Waals surface area contributed by atoms with Crippen LogP contribution >= 0.6 is 23.5 Å². The predicted octanol–water partition coefficient (Wildman–Crippen LogP) is 3.01. The van der Waals surface area contributed by atoms with Crippen molar-refractivity contribution >= 4 is 33.8 Å². The van der Waals surface area contributed by atoms with Crippen LogP contribution < -0.4 is 5.32 Å². The molecule has 1 aromatic carbocycles. The molecule has 1 amide bonds. The van der Waals surface area contributed by atoms with Gasteiger partial charge < -0.3 is 5.32 Å². The van der Waals surface area contributed by atoms with E-state index in [4.69, 9.17) is 0 Å². The van der Waals surface area contributed by atoms with Crippen molar-refractivity contribution in [2.75, 3.05) is 18.1 Å². The molecule has 0 bridgehead atoms. The van der Waals surface area contributed by atoms with Gasteiger partial charge in [-0.1, -0.05) is 47.8 Å². The van der Waals surface area contributed by atoms with Crippen LogP contribution in [0.3, 0.4) is 0 Å². The van der Waals surface area contributed by atoms with Gasteiger partial charge in [0.2, 0.25) is 5.91 Å². The first-order valence-electron chi connectivity index (χ1n) is 6.32. The number of rotatable bonds is 4. The Morgan fingerprint density at radius 2 is 2.32 bits per heavy atom. The van der Waals surface area contributed by atoms with Crippen molar-refractivity contribution in [3.8, 4) is 0 Å². The largest absolute Gasteiger partial charge is 0.349 e. The fourth-order valence-electron chi connectivity index (χ4n) is 1.96. The summed E-state index contributed by atoms with van der Waals surface area (Å²) in [5.74, 6) is 1.56. The quantitative estimate of drug-likeness (QED) is 0.928. The molecular weight excluding hydrogens is 276 g/mol. The van der Waals surface area contributed by atoms with E-state index < -0.39 is 0 Å². The lowest BCUT2D eigenvalue weighted by Gasteiger charge is -2.16. The normalized spacial score (nSPS) is 16.0. The van der Waals surface area contributed by atoms with Gasteiger partial charge in [-0.15, -0.1) is 0 Å². The highest BCUT2D eigenvalue weighted by Crippen LogP contribution is 2.22. The highest BCUT2D eigenvalue weighted by atomic mass is 32.2. The van der Waals surface area contributed by atoms with Crippen LogP contribution in [0.25, 0.3) is 0 Å². The Morgan fingerprint density at radius 3 is 3.00 bits per heavy atom. The molecule has 0 radical (unpaired) electrons. The third-order valence-electron chi connectivity index (χ3n) is 2.92. The number of hydrogen-bond acceptors (Lipinski definition) is 4. The van der Waals surface area contributed by atoms with Gasteiger partial charge in [-0.3, -0.25) is 9.79 Å². The second-order valence-corrected chi connectivity index (χ2v) is 6.74. The average molecular weight is 294 g/mol. The molecule has 1 aliphatic heterocycles. The minimum atomic E-state index is 0.0486. The van der Waals surface area contributed by atoms with Crippen molar-refractivity contribution in [3.05, 3.63) is 35.4 Å². The van der Waals surface area contributed by atoms with Crippen LogP contribution in [0.4, 0.5) is 0 Å². The smallest absolute Gasteiger partial charge is 0.230 e. The lowest BCUT2D eigenvalue weighted by Crippen LogP contribution is -2.28. The highest BCUT2D eigenvalue weighted by Gasteiger charge is 2.14. The summed E-state index contributed by atoms with van der Waals surface area (Å²) in [6.45, 7) is 4.97. The Bertz CT molecular complexity index is 488. The number of aliphatic imine (C=N–C) groups is 1. The number of nitrogens with zero attached hydrogens (tertiary/aromatic N) is 1. The Kier molecular flexibility index (Phi) is 5.34. The zero-order valence-electron chi connectivity index (χ0n) is 11.2. The average Bonchev–Trinajstić information content (AvgIpc) is 2.90. The van der Waals surface area contributed by atoms with E-state index in [2.05, 4.69) is 29.4 Å². The maximum Gasteiger partial charge on any atom is 0.230 e. The third kappa shape index (κ3) is 4.28. The molecule has 0 saturated heterocycles. The van der Waals surface area contributed by atoms with E-state index in [9.17, 15) is 4.79 Å². The standard InChI is InChI=1S/C14H18N2OS2/c1-10-5-3-4-6-12(10)11(2)16-13(17)9-19-14-15-7-8-18-14/h3-6,11H,7-9H2,1-2H3,(H,16,17)/t11-/m0/s1. The second-order valence-electron chi connectivity index (χ2n) is 4.43. The van der Waals surface area contributed by atoms with E-state index in [0.29, 0.717) is 5.75 Å². The molecule has 2 rings (SSSR count). The van der Waals surface area contributed by atoms with E-state index in [1.807, 2.05) is 19.1 Å². The van der Waals surface area contributed by atoms with Crippen LogP contribution in [0.2, 0.25) is 0 Å². The molecular formula is C14H18N2OS2. The summed E-state index contributed by atoms with van der Waals surface area (Å²) < 4.78 is 1.04. The Labute approximate surface area is 122 Å². The van der Waals surface area contributed by atoms with Crippen LogP contribution in [0.5, 0.6) is 0 Å². The maximum atomic E-state index is 11.9. The molecule has 1 aromatic rings. The fraction of sp³-hybridized carbons (Fsp3) is 0.429. The molecule has 1 heterocycles. The van der Waals surface area contributed by atoms with Crippen LogP contribution in [0, 0.1) is 6.92 Å². The van der Waals surface area contributed by atoms with E-state index >= 15 is 0 Å². The molecule has 1 atom stereocenters. The molecule has 0 spiro atoms. The summed E-state index contributed by atoms with van der Waals surface area (Å²) >= 11 is 3.27. The molecule has 19 heavy (non-hydrogen) atoms. The summed E-state index contributed by atoms with van der Waals surface area (Å²) in [6.07, 6.45) is 0. The predicted molar refractivity (Wildman–Crippen MR) is 85.0 cm³/mol. The Hall–Kier alpha value is -0.940. The molecule has 5 heteroatoms. The van der Waals surface area contributed by atoms with E-state index in [1.54, 1.807) is 11.8 Å². The van der Waals surface area contributed by atoms with Gasteiger partial charge >= 0.3 is 0 Å². The summed E-state index contributed by atoms with van der Waals surface area (Å²) in [5, 5.41) is 3.04. The minimum Gasteiger partial charge on any atom is -0.349 e. The van der Waals surface area contributed by atoms with Gasteiger partial charge in [0.25, 0.3) is 0 Å². The Balaban J connectivity index is 1.83.